The van der Waals surface area contributed by atoms with E-state index in [9.17, 15) is 4.79 Å². The number of hydrogen-bond acceptors (Lipinski definition) is 7. The van der Waals surface area contributed by atoms with Crippen LogP contribution in [-0.4, -0.2) is 30.9 Å². The molecule has 9 heteroatoms. The highest BCUT2D eigenvalue weighted by Crippen LogP contribution is 2.21. The molecule has 1 amide bonds. The van der Waals surface area contributed by atoms with Crippen LogP contribution in [0.3, 0.4) is 0 Å². The van der Waals surface area contributed by atoms with Gasteiger partial charge in [-0.1, -0.05) is 12.1 Å². The van der Waals surface area contributed by atoms with Crippen LogP contribution in [-0.2, 0) is 11.2 Å². The van der Waals surface area contributed by atoms with Crippen molar-refractivity contribution in [2.75, 3.05) is 0 Å². The molecule has 28 heavy (non-hydrogen) atoms. The first-order valence-corrected chi connectivity index (χ1v) is 9.72. The minimum Gasteiger partial charge on any atom is -0.421 e. The molecule has 0 bridgehead atoms. The van der Waals surface area contributed by atoms with Crippen molar-refractivity contribution in [1.82, 2.24) is 30.3 Å². The van der Waals surface area contributed by atoms with Crippen LogP contribution < -0.4 is 5.32 Å². The highest BCUT2D eigenvalue weighted by Gasteiger charge is 2.13. The molecule has 8 nitrogen and oxygen atoms in total. The monoisotopic (exact) mass is 394 g/mol. The van der Waals surface area contributed by atoms with E-state index in [0.29, 0.717) is 18.2 Å². The van der Waals surface area contributed by atoms with Crippen molar-refractivity contribution in [3.05, 3.63) is 65.2 Å². The fourth-order valence-electron chi connectivity index (χ4n) is 2.73. The van der Waals surface area contributed by atoms with E-state index >= 15 is 0 Å². The average molecular weight is 394 g/mol. The van der Waals surface area contributed by atoms with Gasteiger partial charge >= 0.3 is 0 Å². The molecule has 1 aromatic carbocycles. The number of carbonyl (C=O) groups is 1. The van der Waals surface area contributed by atoms with Gasteiger partial charge in [0.1, 0.15) is 12.7 Å². The van der Waals surface area contributed by atoms with Gasteiger partial charge < -0.3 is 9.73 Å². The van der Waals surface area contributed by atoms with Crippen LogP contribution in [0.1, 0.15) is 30.8 Å². The molecule has 0 radical (unpaired) electrons. The third-order valence-corrected chi connectivity index (χ3v) is 4.94. The highest BCUT2D eigenvalue weighted by atomic mass is 32.1. The summed E-state index contributed by atoms with van der Waals surface area (Å²) in [5.74, 6) is 0.877. The molecule has 0 fully saturated rings. The molecule has 4 rings (SSSR count). The van der Waals surface area contributed by atoms with Gasteiger partial charge in [0, 0.05) is 23.8 Å². The Hall–Kier alpha value is -3.33. The van der Waals surface area contributed by atoms with Gasteiger partial charge in [0.15, 0.2) is 0 Å². The van der Waals surface area contributed by atoms with Crippen LogP contribution in [0.4, 0.5) is 0 Å². The largest absolute Gasteiger partial charge is 0.421 e. The van der Waals surface area contributed by atoms with Gasteiger partial charge in [-0.05, 0) is 36.1 Å². The van der Waals surface area contributed by atoms with Crippen molar-refractivity contribution in [2.45, 2.75) is 25.8 Å². The molecule has 1 unspecified atom stereocenters. The van der Waals surface area contributed by atoms with Gasteiger partial charge in [0.25, 0.3) is 0 Å². The molecule has 0 saturated heterocycles. The number of benzene rings is 1. The average Bonchev–Trinajstić information content (AvgIpc) is 3.49. The lowest BCUT2D eigenvalue weighted by Crippen LogP contribution is -2.26. The van der Waals surface area contributed by atoms with Crippen molar-refractivity contribution in [2.24, 2.45) is 0 Å². The molecule has 0 aliphatic rings. The Labute approximate surface area is 165 Å². The van der Waals surface area contributed by atoms with Gasteiger partial charge in [0.2, 0.25) is 17.7 Å². The number of nitrogens with one attached hydrogen (secondary N) is 1. The molecule has 0 aliphatic carbocycles. The molecule has 0 spiro atoms. The van der Waals surface area contributed by atoms with Gasteiger partial charge in [0.05, 0.1) is 11.7 Å². The summed E-state index contributed by atoms with van der Waals surface area (Å²) in [5, 5.41) is 19.0. The SMILES string of the molecule is CC(NC(=O)CCc1nnc(-c2ccsc2)o1)c1ccc(-n2cncn2)cc1. The first-order chi connectivity index (χ1) is 13.7. The molecule has 4 aromatic rings. The van der Waals surface area contributed by atoms with Crippen molar-refractivity contribution in [3.8, 4) is 17.1 Å². The summed E-state index contributed by atoms with van der Waals surface area (Å²) in [5.41, 5.74) is 2.82. The van der Waals surface area contributed by atoms with Crippen molar-refractivity contribution in [3.63, 3.8) is 0 Å². The Balaban J connectivity index is 1.30. The first kappa shape index (κ1) is 18.1. The summed E-state index contributed by atoms with van der Waals surface area (Å²) in [6, 6.07) is 9.63. The summed E-state index contributed by atoms with van der Waals surface area (Å²) in [6.07, 6.45) is 3.82. The van der Waals surface area contributed by atoms with Crippen LogP contribution in [0.5, 0.6) is 0 Å². The zero-order chi connectivity index (χ0) is 19.3. The Morgan fingerprint density at radius 3 is 2.82 bits per heavy atom. The summed E-state index contributed by atoms with van der Waals surface area (Å²) in [7, 11) is 0. The first-order valence-electron chi connectivity index (χ1n) is 8.78. The van der Waals surface area contributed by atoms with Gasteiger partial charge in [-0.15, -0.1) is 10.2 Å². The molecule has 3 heterocycles. The molecule has 1 atom stereocenters. The quantitative estimate of drug-likeness (QED) is 0.517. The zero-order valence-electron chi connectivity index (χ0n) is 15.1. The predicted octanol–water partition coefficient (Wildman–Crippen LogP) is 3.19. The summed E-state index contributed by atoms with van der Waals surface area (Å²) in [4.78, 5) is 16.2. The van der Waals surface area contributed by atoms with Crippen LogP contribution in [0.2, 0.25) is 0 Å². The van der Waals surface area contributed by atoms with Gasteiger partial charge in [-0.25, -0.2) is 9.67 Å². The Bertz CT molecular complexity index is 1030. The van der Waals surface area contributed by atoms with E-state index in [1.54, 1.807) is 22.3 Å². The fourth-order valence-corrected chi connectivity index (χ4v) is 3.36. The Kier molecular flexibility index (Phi) is 5.24. The maximum Gasteiger partial charge on any atom is 0.248 e. The molecule has 0 aliphatic heterocycles. The van der Waals surface area contributed by atoms with E-state index in [0.717, 1.165) is 16.8 Å². The van der Waals surface area contributed by atoms with Gasteiger partial charge in [-0.2, -0.15) is 16.4 Å². The van der Waals surface area contributed by atoms with E-state index in [2.05, 4.69) is 25.6 Å². The lowest BCUT2D eigenvalue weighted by atomic mass is 10.1. The fraction of sp³-hybridized carbons (Fsp3) is 0.211. The Morgan fingerprint density at radius 2 is 2.11 bits per heavy atom. The number of nitrogens with zero attached hydrogens (tertiary/aromatic N) is 5. The molecule has 142 valence electrons. The number of amides is 1. The predicted molar refractivity (Wildman–Crippen MR) is 104 cm³/mol. The number of aryl methyl sites for hydroxylation is 1. The maximum atomic E-state index is 12.3. The van der Waals surface area contributed by atoms with Gasteiger partial charge in [-0.3, -0.25) is 4.79 Å². The number of hydrogen-bond donors (Lipinski definition) is 1. The molecular weight excluding hydrogens is 376 g/mol. The zero-order valence-corrected chi connectivity index (χ0v) is 16.0. The van der Waals surface area contributed by atoms with Crippen molar-refractivity contribution < 1.29 is 9.21 Å². The topological polar surface area (TPSA) is 98.7 Å². The molecule has 1 N–H and O–H groups in total. The highest BCUT2D eigenvalue weighted by molar-refractivity contribution is 7.08. The molecular formula is C19H18N6O2S. The van der Waals surface area contributed by atoms with Crippen molar-refractivity contribution >= 4 is 17.2 Å². The standard InChI is InChI=1S/C19H18N6O2S/c1-13(14-2-4-16(5-3-14)25-12-20-11-21-25)22-17(26)6-7-18-23-24-19(27-18)15-8-9-28-10-15/h2-5,8-13H,6-7H2,1H3,(H,22,26). The van der Waals surface area contributed by atoms with Crippen LogP contribution >= 0.6 is 11.3 Å². The van der Waals surface area contributed by atoms with E-state index in [4.69, 9.17) is 4.42 Å². The number of carbonyl (C=O) groups excluding carboxylic acids is 1. The maximum absolute atomic E-state index is 12.3. The summed E-state index contributed by atoms with van der Waals surface area (Å²) < 4.78 is 7.29. The van der Waals surface area contributed by atoms with Crippen molar-refractivity contribution in [1.29, 1.82) is 0 Å². The molecule has 3 aromatic heterocycles. The normalized spacial score (nSPS) is 12.0. The summed E-state index contributed by atoms with van der Waals surface area (Å²) >= 11 is 1.57. The van der Waals surface area contributed by atoms with E-state index in [1.165, 1.54) is 6.33 Å². The lowest BCUT2D eigenvalue weighted by Gasteiger charge is -2.14. The summed E-state index contributed by atoms with van der Waals surface area (Å²) in [6.45, 7) is 1.95. The van der Waals surface area contributed by atoms with E-state index < -0.39 is 0 Å². The van der Waals surface area contributed by atoms with Crippen LogP contribution in [0.25, 0.3) is 17.1 Å². The Morgan fingerprint density at radius 1 is 1.25 bits per heavy atom. The van der Waals surface area contributed by atoms with Crippen LogP contribution in [0, 0.1) is 0 Å². The number of rotatable bonds is 7. The second-order valence-corrected chi connectivity index (χ2v) is 7.01. The lowest BCUT2D eigenvalue weighted by molar-refractivity contribution is -0.121. The second-order valence-electron chi connectivity index (χ2n) is 6.23. The third kappa shape index (κ3) is 4.15. The van der Waals surface area contributed by atoms with Crippen LogP contribution in [0.15, 0.2) is 58.2 Å². The third-order valence-electron chi connectivity index (χ3n) is 4.25. The number of aromatic nitrogens is 5. The molecule has 0 saturated carbocycles. The van der Waals surface area contributed by atoms with E-state index in [1.807, 2.05) is 48.0 Å². The number of thiophene rings is 1. The smallest absolute Gasteiger partial charge is 0.248 e. The minimum atomic E-state index is -0.110. The van der Waals surface area contributed by atoms with E-state index in [-0.39, 0.29) is 18.4 Å². The second kappa shape index (κ2) is 8.13. The minimum absolute atomic E-state index is 0.0665.